The van der Waals surface area contributed by atoms with Gasteiger partial charge in [0.25, 0.3) is 11.8 Å². The summed E-state index contributed by atoms with van der Waals surface area (Å²) in [5.74, 6) is -9.48. The van der Waals surface area contributed by atoms with Gasteiger partial charge in [-0.1, -0.05) is 0 Å². The quantitative estimate of drug-likeness (QED) is 0.504. The lowest BCUT2D eigenvalue weighted by atomic mass is 10.1. The maximum absolute atomic E-state index is 13.9. The second-order valence-corrected chi connectivity index (χ2v) is 7.13. The van der Waals surface area contributed by atoms with Crippen LogP contribution in [0, 0.1) is 0 Å². The molecule has 3 aromatic rings. The molecule has 3 amide bonds. The molecule has 1 saturated heterocycles. The van der Waals surface area contributed by atoms with Gasteiger partial charge in [0.05, 0.1) is 44.8 Å². The maximum atomic E-state index is 13.9. The molecule has 0 spiro atoms. The van der Waals surface area contributed by atoms with E-state index in [1.54, 1.807) is 5.32 Å². The van der Waals surface area contributed by atoms with Crippen LogP contribution < -0.4 is 15.4 Å². The number of fused-ring (bicyclic) bond motifs is 1. The molecule has 176 valence electrons. The SMILES string of the molecule is COc1nonc1C(=O)NCc1cn2ncc(CN3CC(F)(F)C(F)(F)CNC3=O)cc2n1. The van der Waals surface area contributed by atoms with E-state index in [0.717, 1.165) is 0 Å². The number of nitrogens with one attached hydrogen (secondary N) is 2. The summed E-state index contributed by atoms with van der Waals surface area (Å²) in [5.41, 5.74) is 0.810. The molecule has 0 radical (unpaired) electrons. The van der Waals surface area contributed by atoms with Gasteiger partial charge in [-0.3, -0.25) is 4.79 Å². The van der Waals surface area contributed by atoms with Crippen LogP contribution in [-0.4, -0.2) is 73.8 Å². The number of aromatic nitrogens is 5. The molecule has 4 heterocycles. The van der Waals surface area contributed by atoms with Crippen molar-refractivity contribution < 1.29 is 36.5 Å². The molecule has 1 fully saturated rings. The fourth-order valence-electron chi connectivity index (χ4n) is 3.05. The minimum Gasteiger partial charge on any atom is -0.477 e. The Hall–Kier alpha value is -3.98. The van der Waals surface area contributed by atoms with Gasteiger partial charge in [0.2, 0.25) is 5.69 Å². The molecule has 12 nitrogen and oxygen atoms in total. The number of carbonyl (C=O) groups is 2. The summed E-state index contributed by atoms with van der Waals surface area (Å²) in [5, 5.41) is 15.3. The molecule has 0 atom stereocenters. The number of rotatable bonds is 6. The van der Waals surface area contributed by atoms with Gasteiger partial charge >= 0.3 is 17.9 Å². The summed E-state index contributed by atoms with van der Waals surface area (Å²) in [4.78, 5) is 29.0. The minimum atomic E-state index is -4.40. The average molecular weight is 472 g/mol. The summed E-state index contributed by atoms with van der Waals surface area (Å²) in [6.45, 7) is -3.33. The molecule has 0 aromatic carbocycles. The van der Waals surface area contributed by atoms with Crippen molar-refractivity contribution in [1.82, 2.24) is 40.4 Å². The zero-order chi connectivity index (χ0) is 23.8. The highest BCUT2D eigenvalue weighted by atomic mass is 19.3. The van der Waals surface area contributed by atoms with E-state index in [4.69, 9.17) is 4.74 Å². The summed E-state index contributed by atoms with van der Waals surface area (Å²) >= 11 is 0. The van der Waals surface area contributed by atoms with E-state index >= 15 is 0 Å². The largest absolute Gasteiger partial charge is 0.477 e. The summed E-state index contributed by atoms with van der Waals surface area (Å²) in [7, 11) is 1.30. The Kier molecular flexibility index (Phi) is 5.51. The van der Waals surface area contributed by atoms with E-state index < -0.39 is 36.9 Å². The standard InChI is InChI=1S/C17H16F4N8O4/c1-32-14-12(26-33-27-14)13(30)22-4-10-6-29-11(25-10)2-9(3-24-29)5-28-8-17(20,21)16(18,19)7-23-15(28)31/h2-3,6H,4-5,7-8H2,1H3,(H,22,30)(H,23,31). The second kappa shape index (κ2) is 8.18. The smallest absolute Gasteiger partial charge is 0.329 e. The summed E-state index contributed by atoms with van der Waals surface area (Å²) in [6, 6.07) is 0.411. The van der Waals surface area contributed by atoms with Crippen molar-refractivity contribution in [3.8, 4) is 5.88 Å². The number of carbonyl (C=O) groups excluding carboxylic acids is 2. The van der Waals surface area contributed by atoms with Crippen LogP contribution in [0.25, 0.3) is 5.65 Å². The molecule has 4 rings (SSSR count). The second-order valence-electron chi connectivity index (χ2n) is 7.13. The third kappa shape index (κ3) is 4.35. The van der Waals surface area contributed by atoms with Crippen molar-refractivity contribution in [1.29, 1.82) is 0 Å². The number of methoxy groups -OCH3 is 1. The van der Waals surface area contributed by atoms with Crippen molar-refractivity contribution in [2.24, 2.45) is 0 Å². The van der Waals surface area contributed by atoms with Crippen molar-refractivity contribution in [3.05, 3.63) is 35.4 Å². The number of hydrogen-bond donors (Lipinski definition) is 2. The molecule has 2 N–H and O–H groups in total. The van der Waals surface area contributed by atoms with E-state index in [2.05, 4.69) is 30.3 Å². The van der Waals surface area contributed by atoms with Crippen molar-refractivity contribution in [3.63, 3.8) is 0 Å². The third-order valence-corrected chi connectivity index (χ3v) is 4.77. The zero-order valence-electron chi connectivity index (χ0n) is 16.9. The minimum absolute atomic E-state index is 0.0244. The first-order chi connectivity index (χ1) is 15.6. The molecule has 0 aliphatic carbocycles. The molecule has 1 aliphatic rings. The van der Waals surface area contributed by atoms with E-state index in [0.29, 0.717) is 16.2 Å². The topological polar surface area (TPSA) is 140 Å². The van der Waals surface area contributed by atoms with E-state index in [1.165, 1.54) is 30.1 Å². The van der Waals surface area contributed by atoms with Crippen LogP contribution in [0.2, 0.25) is 0 Å². The number of alkyl halides is 4. The predicted octanol–water partition coefficient (Wildman–Crippen LogP) is 0.847. The van der Waals surface area contributed by atoms with Crippen LogP contribution in [0.15, 0.2) is 23.1 Å². The number of hydrogen-bond acceptors (Lipinski definition) is 8. The van der Waals surface area contributed by atoms with Gasteiger partial charge in [-0.2, -0.15) is 22.7 Å². The maximum Gasteiger partial charge on any atom is 0.329 e. The number of imidazole rings is 1. The number of halogens is 4. The summed E-state index contributed by atoms with van der Waals surface area (Å²) < 4.78 is 65.4. The van der Waals surface area contributed by atoms with Gasteiger partial charge in [-0.05, 0) is 21.9 Å². The van der Waals surface area contributed by atoms with Gasteiger partial charge in [0.15, 0.2) is 5.65 Å². The Morgan fingerprint density at radius 3 is 2.85 bits per heavy atom. The molecule has 33 heavy (non-hydrogen) atoms. The number of urea groups is 1. The number of nitrogens with zero attached hydrogens (tertiary/aromatic N) is 6. The highest BCUT2D eigenvalue weighted by Crippen LogP contribution is 2.36. The fraction of sp³-hybridized carbons (Fsp3) is 0.412. The van der Waals surface area contributed by atoms with Crippen LogP contribution >= 0.6 is 0 Å². The third-order valence-electron chi connectivity index (χ3n) is 4.77. The Morgan fingerprint density at radius 2 is 2.09 bits per heavy atom. The lowest BCUT2D eigenvalue weighted by Gasteiger charge is -2.26. The van der Waals surface area contributed by atoms with Crippen LogP contribution in [0.1, 0.15) is 21.7 Å². The Morgan fingerprint density at radius 1 is 1.30 bits per heavy atom. The van der Waals surface area contributed by atoms with Gasteiger partial charge < -0.3 is 20.3 Å². The highest BCUT2D eigenvalue weighted by molar-refractivity contribution is 5.94. The normalized spacial score (nSPS) is 17.5. The number of amides is 3. The van der Waals surface area contributed by atoms with E-state index in [9.17, 15) is 27.2 Å². The van der Waals surface area contributed by atoms with E-state index in [1.807, 2.05) is 0 Å². The first kappa shape index (κ1) is 22.2. The highest BCUT2D eigenvalue weighted by Gasteiger charge is 2.59. The Labute approximate surface area is 181 Å². The zero-order valence-corrected chi connectivity index (χ0v) is 16.9. The predicted molar refractivity (Wildman–Crippen MR) is 98.7 cm³/mol. The molecule has 1 aliphatic heterocycles. The van der Waals surface area contributed by atoms with Crippen LogP contribution in [0.3, 0.4) is 0 Å². The van der Waals surface area contributed by atoms with Gasteiger partial charge in [0.1, 0.15) is 0 Å². The molecule has 16 heteroatoms. The Bertz CT molecular complexity index is 1200. The molecular formula is C17H16F4N8O4. The lowest BCUT2D eigenvalue weighted by Crippen LogP contribution is -2.48. The van der Waals surface area contributed by atoms with Gasteiger partial charge in [-0.15, -0.1) is 0 Å². The van der Waals surface area contributed by atoms with Crippen LogP contribution in [0.5, 0.6) is 5.88 Å². The monoisotopic (exact) mass is 472 g/mol. The first-order valence-corrected chi connectivity index (χ1v) is 9.36. The molecule has 0 saturated carbocycles. The molecular weight excluding hydrogens is 456 g/mol. The van der Waals surface area contributed by atoms with E-state index in [-0.39, 0.29) is 30.3 Å². The average Bonchev–Trinajstić information content (AvgIpc) is 3.39. The van der Waals surface area contributed by atoms with Crippen LogP contribution in [0.4, 0.5) is 22.4 Å². The molecule has 0 unspecified atom stereocenters. The van der Waals surface area contributed by atoms with Crippen LogP contribution in [-0.2, 0) is 13.1 Å². The lowest BCUT2D eigenvalue weighted by molar-refractivity contribution is -0.204. The fourth-order valence-corrected chi connectivity index (χ4v) is 3.05. The van der Waals surface area contributed by atoms with Crippen molar-refractivity contribution in [2.45, 2.75) is 24.9 Å². The molecule has 3 aromatic heterocycles. The molecule has 0 bridgehead atoms. The van der Waals surface area contributed by atoms with Crippen molar-refractivity contribution >= 4 is 17.6 Å². The number of ether oxygens (including phenoxy) is 1. The van der Waals surface area contributed by atoms with Gasteiger partial charge in [-0.25, -0.2) is 18.9 Å². The Balaban J connectivity index is 1.45. The van der Waals surface area contributed by atoms with Crippen molar-refractivity contribution in [2.75, 3.05) is 20.2 Å². The summed E-state index contributed by atoms with van der Waals surface area (Å²) in [6.07, 6.45) is 2.79. The first-order valence-electron chi connectivity index (χ1n) is 9.36. The van der Waals surface area contributed by atoms with Gasteiger partial charge in [0, 0.05) is 6.54 Å².